The minimum absolute atomic E-state index is 0.0162. The van der Waals surface area contributed by atoms with Gasteiger partial charge in [0, 0.05) is 15.6 Å². The van der Waals surface area contributed by atoms with Crippen LogP contribution in [0.15, 0.2) is 39.8 Å². The molecule has 0 aliphatic carbocycles. The third-order valence-corrected chi connectivity index (χ3v) is 4.26. The van der Waals surface area contributed by atoms with Crippen molar-refractivity contribution >= 4 is 22.0 Å². The summed E-state index contributed by atoms with van der Waals surface area (Å²) >= 11 is 3.28. The van der Waals surface area contributed by atoms with E-state index >= 15 is 0 Å². The molecule has 4 rings (SSSR count). The number of aromatic hydroxyl groups is 1. The maximum atomic E-state index is 14.3. The van der Waals surface area contributed by atoms with E-state index in [1.165, 1.54) is 18.2 Å². The molecule has 0 saturated heterocycles. The maximum Gasteiger partial charge on any atom is 0.283 e. The average Bonchev–Trinajstić information content (AvgIpc) is 2.85. The van der Waals surface area contributed by atoms with Gasteiger partial charge in [-0.25, -0.2) is 9.38 Å². The number of aliphatic imine (C=N–C) groups is 1. The maximum absolute atomic E-state index is 14.3. The molecule has 0 bridgehead atoms. The monoisotopic (exact) mass is 364 g/mol. The van der Waals surface area contributed by atoms with Crippen LogP contribution in [0.1, 0.15) is 11.1 Å². The normalized spacial score (nSPS) is 21.6. The fourth-order valence-corrected chi connectivity index (χ4v) is 3.29. The van der Waals surface area contributed by atoms with Crippen molar-refractivity contribution in [2.45, 2.75) is 5.54 Å². The Morgan fingerprint density at radius 1 is 1.27 bits per heavy atom. The molecule has 3 N–H and O–H groups in total. The summed E-state index contributed by atoms with van der Waals surface area (Å²) in [6.45, 7) is 0.113. The second-order valence-electron chi connectivity index (χ2n) is 5.15. The summed E-state index contributed by atoms with van der Waals surface area (Å²) in [5, 5.41) is 9.80. The number of nitrogens with zero attached hydrogens (tertiary/aromatic N) is 1. The standard InChI is InChI=1S/C15H10BrFN2O3/c16-7-3-10-13(11(17)4-7)22-12-2-1-8(20)5-9(12)15(10)6-21-14(18)19-15/h1-5,20H,6H2,(H2,18,19). The summed E-state index contributed by atoms with van der Waals surface area (Å²) < 4.78 is 25.9. The van der Waals surface area contributed by atoms with Crippen molar-refractivity contribution < 1.29 is 19.0 Å². The number of ether oxygens (including phenoxy) is 2. The molecule has 2 heterocycles. The summed E-state index contributed by atoms with van der Waals surface area (Å²) in [6, 6.07) is 7.63. The van der Waals surface area contributed by atoms with Gasteiger partial charge in [-0.15, -0.1) is 0 Å². The van der Waals surface area contributed by atoms with Gasteiger partial charge in [0.15, 0.2) is 17.1 Å². The van der Waals surface area contributed by atoms with E-state index in [9.17, 15) is 9.50 Å². The molecule has 0 aromatic heterocycles. The van der Waals surface area contributed by atoms with Gasteiger partial charge in [-0.05, 0) is 30.3 Å². The van der Waals surface area contributed by atoms with E-state index in [0.717, 1.165) is 0 Å². The summed E-state index contributed by atoms with van der Waals surface area (Å²) in [6.07, 6.45) is 0. The minimum atomic E-state index is -1.03. The number of nitrogens with two attached hydrogens (primary N) is 1. The highest BCUT2D eigenvalue weighted by molar-refractivity contribution is 9.10. The molecule has 1 unspecified atom stereocenters. The molecule has 22 heavy (non-hydrogen) atoms. The molecule has 2 aliphatic heterocycles. The summed E-state index contributed by atoms with van der Waals surface area (Å²) in [5.41, 5.74) is 5.74. The van der Waals surface area contributed by atoms with Crippen LogP contribution in [-0.4, -0.2) is 17.7 Å². The van der Waals surface area contributed by atoms with Crippen molar-refractivity contribution in [3.63, 3.8) is 0 Å². The van der Waals surface area contributed by atoms with Gasteiger partial charge in [-0.2, -0.15) is 0 Å². The summed E-state index contributed by atoms with van der Waals surface area (Å²) in [4.78, 5) is 4.38. The van der Waals surface area contributed by atoms with E-state index in [4.69, 9.17) is 15.2 Å². The van der Waals surface area contributed by atoms with E-state index in [2.05, 4.69) is 20.9 Å². The third kappa shape index (κ3) is 1.72. The lowest BCUT2D eigenvalue weighted by molar-refractivity contribution is 0.261. The van der Waals surface area contributed by atoms with E-state index < -0.39 is 11.4 Å². The summed E-state index contributed by atoms with van der Waals surface area (Å²) in [5.74, 6) is 0.0430. The van der Waals surface area contributed by atoms with Gasteiger partial charge in [0.05, 0.1) is 0 Å². The number of halogens is 2. The molecular formula is C15H10BrFN2O3. The number of hydrogen-bond acceptors (Lipinski definition) is 5. The van der Waals surface area contributed by atoms with Gasteiger partial charge in [0.2, 0.25) is 0 Å². The Morgan fingerprint density at radius 3 is 2.82 bits per heavy atom. The fraction of sp³-hybridized carbons (Fsp3) is 0.133. The Balaban J connectivity index is 2.08. The number of phenolic OH excluding ortho intramolecular Hbond substituents is 1. The van der Waals surface area contributed by atoms with Crippen LogP contribution in [0.5, 0.6) is 17.2 Å². The zero-order valence-corrected chi connectivity index (χ0v) is 12.7. The van der Waals surface area contributed by atoms with Crippen LogP contribution >= 0.6 is 15.9 Å². The molecule has 0 fully saturated rings. The smallest absolute Gasteiger partial charge is 0.283 e. The highest BCUT2D eigenvalue weighted by atomic mass is 79.9. The molecule has 7 heteroatoms. The zero-order chi connectivity index (χ0) is 15.5. The van der Waals surface area contributed by atoms with Gasteiger partial charge >= 0.3 is 0 Å². The largest absolute Gasteiger partial charge is 0.508 e. The van der Waals surface area contributed by atoms with Crippen molar-refractivity contribution in [1.29, 1.82) is 0 Å². The molecule has 2 aliphatic rings. The number of rotatable bonds is 0. The summed E-state index contributed by atoms with van der Waals surface area (Å²) in [7, 11) is 0. The lowest BCUT2D eigenvalue weighted by Gasteiger charge is -2.33. The minimum Gasteiger partial charge on any atom is -0.508 e. The average molecular weight is 365 g/mol. The van der Waals surface area contributed by atoms with Crippen molar-refractivity contribution in [3.8, 4) is 17.2 Å². The highest BCUT2D eigenvalue weighted by Gasteiger charge is 2.48. The van der Waals surface area contributed by atoms with E-state index in [0.29, 0.717) is 21.3 Å². The molecule has 1 spiro atoms. The molecule has 1 atom stereocenters. The first kappa shape index (κ1) is 13.4. The van der Waals surface area contributed by atoms with Gasteiger partial charge in [0.25, 0.3) is 6.02 Å². The Morgan fingerprint density at radius 2 is 2.09 bits per heavy atom. The quantitative estimate of drug-likeness (QED) is 0.753. The van der Waals surface area contributed by atoms with E-state index in [-0.39, 0.29) is 24.1 Å². The van der Waals surface area contributed by atoms with Gasteiger partial charge in [-0.3, -0.25) is 0 Å². The molecule has 5 nitrogen and oxygen atoms in total. The molecule has 0 saturated carbocycles. The van der Waals surface area contributed by atoms with Crippen LogP contribution in [0.2, 0.25) is 0 Å². The topological polar surface area (TPSA) is 77.1 Å². The third-order valence-electron chi connectivity index (χ3n) is 3.80. The zero-order valence-electron chi connectivity index (χ0n) is 11.1. The van der Waals surface area contributed by atoms with Crippen molar-refractivity contribution in [2.75, 3.05) is 6.61 Å². The van der Waals surface area contributed by atoms with Crippen molar-refractivity contribution in [1.82, 2.24) is 0 Å². The van der Waals surface area contributed by atoms with E-state index in [1.807, 2.05) is 0 Å². The van der Waals surface area contributed by atoms with Crippen molar-refractivity contribution in [2.24, 2.45) is 10.7 Å². The van der Waals surface area contributed by atoms with Crippen molar-refractivity contribution in [3.05, 3.63) is 51.7 Å². The number of benzene rings is 2. The predicted molar refractivity (Wildman–Crippen MR) is 80.6 cm³/mol. The van der Waals surface area contributed by atoms with Gasteiger partial charge < -0.3 is 20.3 Å². The number of phenols is 1. The van der Waals surface area contributed by atoms with E-state index in [1.54, 1.807) is 12.1 Å². The number of amidine groups is 1. The Hall–Kier alpha value is -2.28. The second-order valence-corrected chi connectivity index (χ2v) is 6.06. The highest BCUT2D eigenvalue weighted by Crippen LogP contribution is 2.52. The SMILES string of the molecule is NC1=NC2(CO1)c1cc(O)ccc1Oc1c(F)cc(Br)cc12. The lowest BCUT2D eigenvalue weighted by Crippen LogP contribution is -2.31. The molecule has 2 aromatic rings. The molecule has 0 radical (unpaired) electrons. The van der Waals surface area contributed by atoms with Crippen LogP contribution in [0.4, 0.5) is 4.39 Å². The Bertz CT molecular complexity index is 840. The molecular weight excluding hydrogens is 355 g/mol. The van der Waals surface area contributed by atoms with Crippen LogP contribution in [0.25, 0.3) is 0 Å². The van der Waals surface area contributed by atoms with Gasteiger partial charge in [0.1, 0.15) is 18.1 Å². The van der Waals surface area contributed by atoms with Crippen LogP contribution in [-0.2, 0) is 10.3 Å². The van der Waals surface area contributed by atoms with Gasteiger partial charge in [-0.1, -0.05) is 15.9 Å². The number of hydrogen-bond donors (Lipinski definition) is 2. The fourth-order valence-electron chi connectivity index (χ4n) is 2.86. The first-order valence-corrected chi connectivity index (χ1v) is 7.28. The predicted octanol–water partition coefficient (Wildman–Crippen LogP) is 2.99. The molecule has 0 amide bonds. The second kappa shape index (κ2) is 4.36. The number of fused-ring (bicyclic) bond motifs is 4. The molecule has 112 valence electrons. The lowest BCUT2D eigenvalue weighted by atomic mass is 9.81. The Labute approximate surface area is 133 Å². The van der Waals surface area contributed by atoms with Crippen LogP contribution in [0.3, 0.4) is 0 Å². The van der Waals surface area contributed by atoms with Crippen LogP contribution in [0, 0.1) is 5.82 Å². The first-order chi connectivity index (χ1) is 10.5. The first-order valence-electron chi connectivity index (χ1n) is 6.48. The Kier molecular flexibility index (Phi) is 2.65. The van der Waals surface area contributed by atoms with Crippen LogP contribution < -0.4 is 10.5 Å². The molecule has 2 aromatic carbocycles.